The molecule has 0 aromatic heterocycles. The average molecular weight is 243 g/mol. The molecule has 1 aliphatic rings. The molecule has 3 heteroatoms. The van der Waals surface area contributed by atoms with E-state index in [2.05, 4.69) is 19.2 Å². The number of nitrogens with one attached hydrogen (secondary N) is 1. The lowest BCUT2D eigenvalue weighted by Gasteiger charge is -2.19. The monoisotopic (exact) mass is 243 g/mol. The molecule has 0 radical (unpaired) electrons. The van der Waals surface area contributed by atoms with E-state index in [0.29, 0.717) is 18.6 Å². The van der Waals surface area contributed by atoms with Crippen LogP contribution in [-0.4, -0.2) is 37.0 Å². The van der Waals surface area contributed by atoms with Crippen LogP contribution in [0.15, 0.2) is 0 Å². The van der Waals surface area contributed by atoms with E-state index >= 15 is 0 Å². The topological polar surface area (TPSA) is 41.5 Å². The molecule has 0 heterocycles. The third kappa shape index (κ3) is 7.02. The van der Waals surface area contributed by atoms with Crippen molar-refractivity contribution in [3.05, 3.63) is 0 Å². The molecule has 0 aliphatic heterocycles. The normalized spacial score (nSPS) is 19.2. The number of hydrogen-bond donors (Lipinski definition) is 2. The fourth-order valence-electron chi connectivity index (χ4n) is 2.01. The molecule has 1 saturated carbocycles. The van der Waals surface area contributed by atoms with E-state index in [1.165, 1.54) is 38.5 Å². The van der Waals surface area contributed by atoms with Gasteiger partial charge in [0, 0.05) is 12.6 Å². The van der Waals surface area contributed by atoms with E-state index in [1.54, 1.807) is 0 Å². The molecule has 0 spiro atoms. The molecule has 0 saturated heterocycles. The van der Waals surface area contributed by atoms with Crippen molar-refractivity contribution in [2.45, 2.75) is 64.5 Å². The van der Waals surface area contributed by atoms with Crippen LogP contribution in [0.4, 0.5) is 0 Å². The fraction of sp³-hybridized carbons (Fsp3) is 1.00. The first-order valence-electron chi connectivity index (χ1n) is 7.24. The number of aliphatic hydroxyl groups excluding tert-OH is 1. The summed E-state index contributed by atoms with van der Waals surface area (Å²) in [5, 5.41) is 12.6. The van der Waals surface area contributed by atoms with Crippen LogP contribution in [0.3, 0.4) is 0 Å². The highest BCUT2D eigenvalue weighted by atomic mass is 16.5. The van der Waals surface area contributed by atoms with Gasteiger partial charge in [-0.1, -0.05) is 33.1 Å². The molecule has 3 nitrogen and oxygen atoms in total. The van der Waals surface area contributed by atoms with Crippen molar-refractivity contribution in [2.24, 2.45) is 5.92 Å². The van der Waals surface area contributed by atoms with Gasteiger partial charge in [0.15, 0.2) is 0 Å². The highest BCUT2D eigenvalue weighted by Crippen LogP contribution is 2.19. The minimum atomic E-state index is 0.131. The highest BCUT2D eigenvalue weighted by molar-refractivity contribution is 4.84. The van der Waals surface area contributed by atoms with Gasteiger partial charge in [0.05, 0.1) is 19.3 Å². The van der Waals surface area contributed by atoms with Gasteiger partial charge in [-0.2, -0.15) is 0 Å². The predicted octanol–water partition coefficient (Wildman–Crippen LogP) is 2.33. The van der Waals surface area contributed by atoms with E-state index in [0.717, 1.165) is 6.61 Å². The molecule has 0 aromatic carbocycles. The second-order valence-electron chi connectivity index (χ2n) is 5.27. The number of aliphatic hydroxyl groups is 1. The van der Waals surface area contributed by atoms with Crippen LogP contribution < -0.4 is 5.32 Å². The van der Waals surface area contributed by atoms with E-state index in [-0.39, 0.29) is 12.6 Å². The van der Waals surface area contributed by atoms with Crippen LogP contribution in [0.5, 0.6) is 0 Å². The predicted molar refractivity (Wildman–Crippen MR) is 71.2 cm³/mol. The van der Waals surface area contributed by atoms with Gasteiger partial charge in [-0.15, -0.1) is 0 Å². The van der Waals surface area contributed by atoms with Crippen LogP contribution in [0.2, 0.25) is 0 Å². The van der Waals surface area contributed by atoms with Gasteiger partial charge in [0.2, 0.25) is 0 Å². The Bertz CT molecular complexity index is 183. The Morgan fingerprint density at radius 3 is 2.59 bits per heavy atom. The zero-order valence-electron chi connectivity index (χ0n) is 11.5. The van der Waals surface area contributed by atoms with Crippen LogP contribution in [0.1, 0.15) is 52.4 Å². The Kier molecular flexibility index (Phi) is 7.82. The van der Waals surface area contributed by atoms with E-state index in [1.807, 2.05) is 0 Å². The molecular weight excluding hydrogens is 214 g/mol. The quantitative estimate of drug-likeness (QED) is 0.585. The molecule has 2 atom stereocenters. The van der Waals surface area contributed by atoms with Crippen molar-refractivity contribution in [3.8, 4) is 0 Å². The second kappa shape index (κ2) is 8.90. The van der Waals surface area contributed by atoms with Crippen molar-refractivity contribution < 1.29 is 9.84 Å². The lowest BCUT2D eigenvalue weighted by atomic mass is 10.0. The number of ether oxygens (including phenoxy) is 1. The Labute approximate surface area is 106 Å². The third-order valence-corrected chi connectivity index (χ3v) is 3.49. The van der Waals surface area contributed by atoms with Gasteiger partial charge in [-0.05, 0) is 25.2 Å². The Morgan fingerprint density at radius 2 is 2.06 bits per heavy atom. The SMILES string of the molecule is CCCCC(CC)COCC(CO)NC1CC1. The van der Waals surface area contributed by atoms with Crippen LogP contribution in [-0.2, 0) is 4.74 Å². The molecule has 1 rings (SSSR count). The van der Waals surface area contributed by atoms with Gasteiger partial charge in [0.25, 0.3) is 0 Å². The molecule has 0 aromatic rings. The smallest absolute Gasteiger partial charge is 0.0642 e. The van der Waals surface area contributed by atoms with Crippen LogP contribution in [0.25, 0.3) is 0 Å². The summed E-state index contributed by atoms with van der Waals surface area (Å²) < 4.78 is 5.74. The highest BCUT2D eigenvalue weighted by Gasteiger charge is 2.24. The first-order valence-corrected chi connectivity index (χ1v) is 7.24. The molecule has 1 fully saturated rings. The summed E-state index contributed by atoms with van der Waals surface area (Å²) in [4.78, 5) is 0. The van der Waals surface area contributed by atoms with E-state index in [4.69, 9.17) is 4.74 Å². The molecule has 17 heavy (non-hydrogen) atoms. The number of unbranched alkanes of at least 4 members (excludes halogenated alkanes) is 1. The summed E-state index contributed by atoms with van der Waals surface area (Å²) >= 11 is 0. The summed E-state index contributed by atoms with van der Waals surface area (Å²) in [6, 6.07) is 0.768. The van der Waals surface area contributed by atoms with Gasteiger partial charge >= 0.3 is 0 Å². The first kappa shape index (κ1) is 14.9. The van der Waals surface area contributed by atoms with Crippen LogP contribution >= 0.6 is 0 Å². The molecule has 0 amide bonds. The number of hydrogen-bond acceptors (Lipinski definition) is 3. The summed E-state index contributed by atoms with van der Waals surface area (Å²) in [6.45, 7) is 6.14. The minimum Gasteiger partial charge on any atom is -0.395 e. The Balaban J connectivity index is 2.05. The summed E-state index contributed by atoms with van der Waals surface area (Å²) in [5.74, 6) is 0.690. The van der Waals surface area contributed by atoms with Gasteiger partial charge in [0.1, 0.15) is 0 Å². The van der Waals surface area contributed by atoms with Crippen molar-refractivity contribution >= 4 is 0 Å². The van der Waals surface area contributed by atoms with Crippen molar-refractivity contribution in [3.63, 3.8) is 0 Å². The van der Waals surface area contributed by atoms with Gasteiger partial charge in [-0.25, -0.2) is 0 Å². The molecule has 2 unspecified atom stereocenters. The zero-order chi connectivity index (χ0) is 12.5. The lowest BCUT2D eigenvalue weighted by molar-refractivity contribution is 0.0611. The summed E-state index contributed by atoms with van der Waals surface area (Å²) in [5.41, 5.74) is 0. The van der Waals surface area contributed by atoms with Crippen molar-refractivity contribution in [1.82, 2.24) is 5.32 Å². The maximum absolute atomic E-state index is 9.22. The zero-order valence-corrected chi connectivity index (χ0v) is 11.5. The average Bonchev–Trinajstić information content (AvgIpc) is 3.16. The fourth-order valence-corrected chi connectivity index (χ4v) is 2.01. The third-order valence-electron chi connectivity index (χ3n) is 3.49. The van der Waals surface area contributed by atoms with Gasteiger partial charge in [-0.3, -0.25) is 0 Å². The summed E-state index contributed by atoms with van der Waals surface area (Å²) in [7, 11) is 0. The molecule has 2 N–H and O–H groups in total. The standard InChI is InChI=1S/C14H29NO2/c1-3-5-6-12(4-2)10-17-11-14(9-16)15-13-7-8-13/h12-16H,3-11H2,1-2H3. The lowest BCUT2D eigenvalue weighted by Crippen LogP contribution is -2.38. The first-order chi connectivity index (χ1) is 8.30. The molecule has 0 bridgehead atoms. The van der Waals surface area contributed by atoms with Crippen molar-refractivity contribution in [2.75, 3.05) is 19.8 Å². The van der Waals surface area contributed by atoms with Crippen LogP contribution in [0, 0.1) is 5.92 Å². The minimum absolute atomic E-state index is 0.131. The maximum Gasteiger partial charge on any atom is 0.0642 e. The number of rotatable bonds is 11. The Hall–Kier alpha value is -0.120. The molecule has 102 valence electrons. The van der Waals surface area contributed by atoms with Crippen molar-refractivity contribution in [1.29, 1.82) is 0 Å². The maximum atomic E-state index is 9.22. The molecular formula is C14H29NO2. The van der Waals surface area contributed by atoms with Gasteiger partial charge < -0.3 is 15.2 Å². The van der Waals surface area contributed by atoms with E-state index in [9.17, 15) is 5.11 Å². The second-order valence-corrected chi connectivity index (χ2v) is 5.27. The Morgan fingerprint density at radius 1 is 1.29 bits per heavy atom. The van der Waals surface area contributed by atoms with E-state index < -0.39 is 0 Å². The summed E-state index contributed by atoms with van der Waals surface area (Å²) in [6.07, 6.45) is 7.53. The largest absolute Gasteiger partial charge is 0.395 e. The molecule has 1 aliphatic carbocycles.